The molecule has 0 heterocycles. The summed E-state index contributed by atoms with van der Waals surface area (Å²) in [6.45, 7) is 2.77. The van der Waals surface area contributed by atoms with Crippen molar-refractivity contribution in [1.82, 2.24) is 0 Å². The van der Waals surface area contributed by atoms with Crippen molar-refractivity contribution in [3.05, 3.63) is 29.8 Å². The smallest absolute Gasteiger partial charge is 0.322 e. The largest absolute Gasteiger partial charge is 0.468 e. The molecule has 1 rings (SSSR count). The predicted octanol–water partition coefficient (Wildman–Crippen LogP) is 1.32. The van der Waals surface area contributed by atoms with Crippen LogP contribution in [0.3, 0.4) is 0 Å². The Hall–Kier alpha value is -1.55. The van der Waals surface area contributed by atoms with Gasteiger partial charge in [-0.25, -0.2) is 0 Å². The molecule has 0 saturated heterocycles. The van der Waals surface area contributed by atoms with Gasteiger partial charge in [-0.15, -0.1) is 0 Å². The number of nitrogens with two attached hydrogens (primary N) is 1. The Morgan fingerprint density at radius 1 is 1.41 bits per heavy atom. The average molecular weight is 236 g/mol. The van der Waals surface area contributed by atoms with E-state index in [4.69, 9.17) is 5.73 Å². The maximum Gasteiger partial charge on any atom is 0.322 e. The molecule has 17 heavy (non-hydrogen) atoms. The van der Waals surface area contributed by atoms with Crippen molar-refractivity contribution in [2.45, 2.75) is 19.4 Å². The van der Waals surface area contributed by atoms with Crippen LogP contribution in [0.4, 0.5) is 5.69 Å². The van der Waals surface area contributed by atoms with Gasteiger partial charge >= 0.3 is 5.97 Å². The Morgan fingerprint density at radius 3 is 2.53 bits per heavy atom. The number of carbonyl (C=O) groups is 1. The second-order valence-electron chi connectivity index (χ2n) is 4.18. The van der Waals surface area contributed by atoms with Gasteiger partial charge in [-0.3, -0.25) is 4.79 Å². The minimum Gasteiger partial charge on any atom is -0.468 e. The van der Waals surface area contributed by atoms with E-state index in [2.05, 4.69) is 40.8 Å². The van der Waals surface area contributed by atoms with Gasteiger partial charge in [-0.05, 0) is 25.5 Å². The molecule has 4 nitrogen and oxygen atoms in total. The van der Waals surface area contributed by atoms with Gasteiger partial charge in [0.05, 0.1) is 7.11 Å². The number of hydrogen-bond acceptors (Lipinski definition) is 4. The summed E-state index contributed by atoms with van der Waals surface area (Å²) < 4.78 is 4.58. The third-order valence-electron chi connectivity index (χ3n) is 2.75. The minimum atomic E-state index is -0.548. The third kappa shape index (κ3) is 4.07. The SMILES string of the molecule is COC(=O)C(N)CCN(C)c1ccc(C)cc1. The normalized spacial score (nSPS) is 12.0. The maximum atomic E-state index is 11.1. The fourth-order valence-corrected chi connectivity index (χ4v) is 1.53. The van der Waals surface area contributed by atoms with Gasteiger partial charge in [0.15, 0.2) is 0 Å². The molecule has 1 aromatic rings. The zero-order valence-corrected chi connectivity index (χ0v) is 10.6. The molecule has 94 valence electrons. The summed E-state index contributed by atoms with van der Waals surface area (Å²) >= 11 is 0. The monoisotopic (exact) mass is 236 g/mol. The zero-order valence-electron chi connectivity index (χ0n) is 10.6. The van der Waals surface area contributed by atoms with Crippen molar-refractivity contribution >= 4 is 11.7 Å². The second-order valence-corrected chi connectivity index (χ2v) is 4.18. The lowest BCUT2D eigenvalue weighted by Gasteiger charge is -2.20. The fraction of sp³-hybridized carbons (Fsp3) is 0.462. The highest BCUT2D eigenvalue weighted by molar-refractivity contribution is 5.75. The van der Waals surface area contributed by atoms with Crippen molar-refractivity contribution in [3.8, 4) is 0 Å². The van der Waals surface area contributed by atoms with Gasteiger partial charge in [0.1, 0.15) is 6.04 Å². The van der Waals surface area contributed by atoms with E-state index in [0.29, 0.717) is 6.42 Å². The summed E-state index contributed by atoms with van der Waals surface area (Å²) in [6, 6.07) is 7.68. The van der Waals surface area contributed by atoms with Gasteiger partial charge < -0.3 is 15.4 Å². The van der Waals surface area contributed by atoms with Gasteiger partial charge in [0, 0.05) is 19.3 Å². The summed E-state index contributed by atoms with van der Waals surface area (Å²) in [5, 5.41) is 0. The molecule has 1 aromatic carbocycles. The van der Waals surface area contributed by atoms with Crippen molar-refractivity contribution in [2.24, 2.45) is 5.73 Å². The van der Waals surface area contributed by atoms with Crippen LogP contribution in [0.2, 0.25) is 0 Å². The summed E-state index contributed by atoms with van der Waals surface area (Å²) in [6.07, 6.45) is 0.580. The Kier molecular flexibility index (Phi) is 4.97. The van der Waals surface area contributed by atoms with Crippen LogP contribution in [-0.2, 0) is 9.53 Å². The van der Waals surface area contributed by atoms with E-state index in [1.165, 1.54) is 12.7 Å². The number of benzene rings is 1. The van der Waals surface area contributed by atoms with E-state index in [1.54, 1.807) is 0 Å². The maximum absolute atomic E-state index is 11.1. The zero-order chi connectivity index (χ0) is 12.8. The van der Waals surface area contributed by atoms with Gasteiger partial charge in [-0.2, -0.15) is 0 Å². The van der Waals surface area contributed by atoms with E-state index in [0.717, 1.165) is 12.2 Å². The van der Waals surface area contributed by atoms with Crippen LogP contribution < -0.4 is 10.6 Å². The first-order valence-corrected chi connectivity index (χ1v) is 5.66. The van der Waals surface area contributed by atoms with Crippen molar-refractivity contribution in [2.75, 3.05) is 25.6 Å². The lowest BCUT2D eigenvalue weighted by atomic mass is 10.2. The van der Waals surface area contributed by atoms with Crippen LogP contribution in [0.25, 0.3) is 0 Å². The van der Waals surface area contributed by atoms with Crippen LogP contribution in [0.1, 0.15) is 12.0 Å². The van der Waals surface area contributed by atoms with Gasteiger partial charge in [-0.1, -0.05) is 17.7 Å². The number of nitrogens with zero attached hydrogens (tertiary/aromatic N) is 1. The standard InChI is InChI=1S/C13H20N2O2/c1-10-4-6-11(7-5-10)15(2)9-8-12(14)13(16)17-3/h4-7,12H,8-9,14H2,1-3H3. The number of carbonyl (C=O) groups excluding carboxylic acids is 1. The molecule has 0 spiro atoms. The van der Waals surface area contributed by atoms with Crippen molar-refractivity contribution < 1.29 is 9.53 Å². The van der Waals surface area contributed by atoms with Crippen molar-refractivity contribution in [1.29, 1.82) is 0 Å². The lowest BCUT2D eigenvalue weighted by Crippen LogP contribution is -2.35. The summed E-state index contributed by atoms with van der Waals surface area (Å²) in [5.41, 5.74) is 8.03. The summed E-state index contributed by atoms with van der Waals surface area (Å²) in [4.78, 5) is 13.2. The topological polar surface area (TPSA) is 55.6 Å². The van der Waals surface area contributed by atoms with E-state index in [-0.39, 0.29) is 5.97 Å². The number of hydrogen-bond donors (Lipinski definition) is 1. The van der Waals surface area contributed by atoms with Crippen LogP contribution >= 0.6 is 0 Å². The fourth-order valence-electron chi connectivity index (χ4n) is 1.53. The quantitative estimate of drug-likeness (QED) is 0.783. The molecule has 0 fully saturated rings. The Morgan fingerprint density at radius 2 is 2.00 bits per heavy atom. The highest BCUT2D eigenvalue weighted by Gasteiger charge is 2.14. The minimum absolute atomic E-state index is 0.359. The first-order chi connectivity index (χ1) is 8.04. The van der Waals surface area contributed by atoms with Crippen LogP contribution in [0.5, 0.6) is 0 Å². The number of methoxy groups -OCH3 is 1. The number of anilines is 1. The molecule has 0 aliphatic heterocycles. The molecular weight excluding hydrogens is 216 g/mol. The summed E-state index contributed by atoms with van der Waals surface area (Å²) in [5.74, 6) is -0.359. The van der Waals surface area contributed by atoms with Gasteiger partial charge in [0.25, 0.3) is 0 Å². The highest BCUT2D eigenvalue weighted by Crippen LogP contribution is 2.13. The van der Waals surface area contributed by atoms with E-state index in [1.807, 2.05) is 7.05 Å². The average Bonchev–Trinajstić information content (AvgIpc) is 2.35. The van der Waals surface area contributed by atoms with E-state index in [9.17, 15) is 4.79 Å². The summed E-state index contributed by atoms with van der Waals surface area (Å²) in [7, 11) is 3.33. The molecule has 4 heteroatoms. The molecule has 0 aromatic heterocycles. The number of ether oxygens (including phenoxy) is 1. The van der Waals surface area contributed by atoms with Gasteiger partial charge in [0.2, 0.25) is 0 Å². The predicted molar refractivity (Wildman–Crippen MR) is 69.1 cm³/mol. The van der Waals surface area contributed by atoms with Crippen LogP contribution in [-0.4, -0.2) is 32.7 Å². The Bertz CT molecular complexity index is 362. The van der Waals surface area contributed by atoms with E-state index < -0.39 is 6.04 Å². The second kappa shape index (κ2) is 6.25. The Labute approximate surface area is 102 Å². The molecule has 0 saturated carbocycles. The molecule has 0 amide bonds. The number of aryl methyl sites for hydroxylation is 1. The van der Waals surface area contributed by atoms with Crippen molar-refractivity contribution in [3.63, 3.8) is 0 Å². The number of rotatable bonds is 5. The first kappa shape index (κ1) is 13.5. The molecule has 0 aliphatic rings. The molecule has 1 unspecified atom stereocenters. The van der Waals surface area contributed by atoms with Crippen LogP contribution in [0, 0.1) is 6.92 Å². The van der Waals surface area contributed by atoms with E-state index >= 15 is 0 Å². The molecule has 0 aliphatic carbocycles. The number of esters is 1. The molecular formula is C13H20N2O2. The highest BCUT2D eigenvalue weighted by atomic mass is 16.5. The molecule has 2 N–H and O–H groups in total. The lowest BCUT2D eigenvalue weighted by molar-refractivity contribution is -0.142. The first-order valence-electron chi connectivity index (χ1n) is 5.66. The van der Waals surface area contributed by atoms with Crippen LogP contribution in [0.15, 0.2) is 24.3 Å². The third-order valence-corrected chi connectivity index (χ3v) is 2.75. The Balaban J connectivity index is 2.47. The molecule has 0 bridgehead atoms. The molecule has 1 atom stereocenters. The molecule has 0 radical (unpaired) electrons.